The highest BCUT2D eigenvalue weighted by Crippen LogP contribution is 2.20. The van der Waals surface area contributed by atoms with Crippen molar-refractivity contribution in [3.63, 3.8) is 0 Å². The van der Waals surface area contributed by atoms with Crippen LogP contribution >= 0.6 is 0 Å². The number of piperidine rings is 1. The van der Waals surface area contributed by atoms with Gasteiger partial charge in [-0.3, -0.25) is 4.90 Å². The van der Waals surface area contributed by atoms with Crippen molar-refractivity contribution < 1.29 is 0 Å². The lowest BCUT2D eigenvalue weighted by Gasteiger charge is -2.39. The zero-order valence-corrected chi connectivity index (χ0v) is 13.6. The first-order chi connectivity index (χ1) is 9.29. The third kappa shape index (κ3) is 6.76. The predicted molar refractivity (Wildman–Crippen MR) is 85.7 cm³/mol. The van der Waals surface area contributed by atoms with E-state index >= 15 is 0 Å². The van der Waals surface area contributed by atoms with Crippen LogP contribution in [0.5, 0.6) is 0 Å². The molecule has 0 aliphatic carbocycles. The van der Waals surface area contributed by atoms with Crippen molar-refractivity contribution in [3.05, 3.63) is 0 Å². The quantitative estimate of drug-likeness (QED) is 0.597. The molecule has 2 heteroatoms. The molecule has 114 valence electrons. The minimum atomic E-state index is 0.658. The molecule has 0 aromatic carbocycles. The maximum Gasteiger partial charge on any atom is 0.0246 e. The zero-order chi connectivity index (χ0) is 13.9. The normalized spacial score (nSPS) is 22.6. The maximum atomic E-state index is 3.62. The first-order valence-electron chi connectivity index (χ1n) is 8.77. The van der Waals surface area contributed by atoms with Crippen molar-refractivity contribution >= 4 is 0 Å². The number of rotatable bonds is 10. The van der Waals surface area contributed by atoms with Crippen molar-refractivity contribution in [3.8, 4) is 0 Å². The van der Waals surface area contributed by atoms with Gasteiger partial charge in [0.05, 0.1) is 0 Å². The summed E-state index contributed by atoms with van der Waals surface area (Å²) < 4.78 is 0. The van der Waals surface area contributed by atoms with Crippen LogP contribution in [-0.2, 0) is 0 Å². The smallest absolute Gasteiger partial charge is 0.0246 e. The number of likely N-dealkylation sites (N-methyl/N-ethyl adjacent to an activating group) is 1. The molecule has 0 amide bonds. The summed E-state index contributed by atoms with van der Waals surface area (Å²) in [5.41, 5.74) is 0. The molecule has 2 atom stereocenters. The lowest BCUT2D eigenvalue weighted by molar-refractivity contribution is 0.117. The molecule has 1 heterocycles. The van der Waals surface area contributed by atoms with Crippen LogP contribution in [0.2, 0.25) is 0 Å². The van der Waals surface area contributed by atoms with Gasteiger partial charge in [0.2, 0.25) is 0 Å². The molecule has 1 fully saturated rings. The van der Waals surface area contributed by atoms with Crippen LogP contribution in [0.1, 0.15) is 78.6 Å². The van der Waals surface area contributed by atoms with E-state index in [0.717, 1.165) is 12.6 Å². The Hall–Kier alpha value is -0.0800. The van der Waals surface area contributed by atoms with Gasteiger partial charge in [0.25, 0.3) is 0 Å². The van der Waals surface area contributed by atoms with E-state index in [1.807, 2.05) is 0 Å². The van der Waals surface area contributed by atoms with Gasteiger partial charge in [0.15, 0.2) is 0 Å². The van der Waals surface area contributed by atoms with Gasteiger partial charge < -0.3 is 5.32 Å². The number of hydrogen-bond donors (Lipinski definition) is 1. The third-order valence-corrected chi connectivity index (χ3v) is 4.57. The van der Waals surface area contributed by atoms with Gasteiger partial charge in [-0.05, 0) is 45.8 Å². The Kier molecular flexibility index (Phi) is 9.54. The number of hydrogen-bond acceptors (Lipinski definition) is 2. The van der Waals surface area contributed by atoms with E-state index in [1.54, 1.807) is 0 Å². The highest BCUT2D eigenvalue weighted by molar-refractivity contribution is 4.84. The van der Waals surface area contributed by atoms with Gasteiger partial charge in [-0.1, -0.05) is 52.4 Å². The molecule has 0 aromatic rings. The molecule has 0 radical (unpaired) electrons. The van der Waals surface area contributed by atoms with Crippen molar-refractivity contribution in [2.75, 3.05) is 19.6 Å². The number of nitrogens with zero attached hydrogens (tertiary/aromatic N) is 1. The molecular weight excluding hydrogens is 232 g/mol. The summed E-state index contributed by atoms with van der Waals surface area (Å²) in [7, 11) is 0. The van der Waals surface area contributed by atoms with E-state index < -0.39 is 0 Å². The Morgan fingerprint density at radius 2 is 1.79 bits per heavy atom. The first-order valence-corrected chi connectivity index (χ1v) is 8.77. The van der Waals surface area contributed by atoms with Gasteiger partial charge in [-0.15, -0.1) is 0 Å². The van der Waals surface area contributed by atoms with Crippen molar-refractivity contribution in [1.29, 1.82) is 0 Å². The van der Waals surface area contributed by atoms with Crippen LogP contribution in [0.15, 0.2) is 0 Å². The fraction of sp³-hybridized carbons (Fsp3) is 1.00. The van der Waals surface area contributed by atoms with Gasteiger partial charge in [-0.25, -0.2) is 0 Å². The number of likely N-dealkylation sites (tertiary alicyclic amines) is 1. The Balaban J connectivity index is 2.20. The predicted octanol–water partition coefficient (Wildman–Crippen LogP) is 4.20. The van der Waals surface area contributed by atoms with Crippen LogP contribution in [0.25, 0.3) is 0 Å². The minimum absolute atomic E-state index is 0.658. The van der Waals surface area contributed by atoms with Gasteiger partial charge >= 0.3 is 0 Å². The SMILES string of the molecule is CCCCCCCCN1CCCCC1C(C)NCC. The summed E-state index contributed by atoms with van der Waals surface area (Å²) in [6.07, 6.45) is 12.7. The van der Waals surface area contributed by atoms with E-state index in [1.165, 1.54) is 70.9 Å². The second-order valence-electron chi connectivity index (χ2n) is 6.21. The molecule has 0 spiro atoms. The van der Waals surface area contributed by atoms with E-state index in [-0.39, 0.29) is 0 Å². The summed E-state index contributed by atoms with van der Waals surface area (Å²) in [6.45, 7) is 10.6. The van der Waals surface area contributed by atoms with Crippen LogP contribution in [0.3, 0.4) is 0 Å². The molecule has 1 aliphatic heterocycles. The van der Waals surface area contributed by atoms with Gasteiger partial charge in [0, 0.05) is 12.1 Å². The summed E-state index contributed by atoms with van der Waals surface area (Å²) >= 11 is 0. The lowest BCUT2D eigenvalue weighted by Crippen LogP contribution is -2.51. The Morgan fingerprint density at radius 1 is 1.05 bits per heavy atom. The molecule has 2 nitrogen and oxygen atoms in total. The van der Waals surface area contributed by atoms with Crippen LogP contribution in [0, 0.1) is 0 Å². The fourth-order valence-electron chi connectivity index (χ4n) is 3.41. The Bertz CT molecular complexity index is 205. The van der Waals surface area contributed by atoms with Crippen LogP contribution in [-0.4, -0.2) is 36.6 Å². The summed E-state index contributed by atoms with van der Waals surface area (Å²) in [4.78, 5) is 2.76. The molecule has 0 saturated carbocycles. The maximum absolute atomic E-state index is 3.62. The monoisotopic (exact) mass is 268 g/mol. The molecule has 1 N–H and O–H groups in total. The molecular formula is C17H36N2. The van der Waals surface area contributed by atoms with Crippen molar-refractivity contribution in [2.45, 2.75) is 90.6 Å². The van der Waals surface area contributed by atoms with Crippen LogP contribution in [0.4, 0.5) is 0 Å². The first kappa shape index (κ1) is 17.0. The number of unbranched alkanes of at least 4 members (excludes halogenated alkanes) is 5. The minimum Gasteiger partial charge on any atom is -0.313 e. The second-order valence-corrected chi connectivity index (χ2v) is 6.21. The molecule has 1 saturated heterocycles. The Morgan fingerprint density at radius 3 is 2.53 bits per heavy atom. The van der Waals surface area contributed by atoms with Crippen molar-refractivity contribution in [1.82, 2.24) is 10.2 Å². The summed E-state index contributed by atoms with van der Waals surface area (Å²) in [5, 5.41) is 3.62. The third-order valence-electron chi connectivity index (χ3n) is 4.57. The van der Waals surface area contributed by atoms with Gasteiger partial charge in [-0.2, -0.15) is 0 Å². The van der Waals surface area contributed by atoms with Crippen molar-refractivity contribution in [2.24, 2.45) is 0 Å². The topological polar surface area (TPSA) is 15.3 Å². The van der Waals surface area contributed by atoms with E-state index in [4.69, 9.17) is 0 Å². The van der Waals surface area contributed by atoms with Gasteiger partial charge in [0.1, 0.15) is 0 Å². The highest BCUT2D eigenvalue weighted by atomic mass is 15.2. The highest BCUT2D eigenvalue weighted by Gasteiger charge is 2.26. The van der Waals surface area contributed by atoms with E-state index in [0.29, 0.717) is 6.04 Å². The van der Waals surface area contributed by atoms with E-state index in [9.17, 15) is 0 Å². The fourth-order valence-corrected chi connectivity index (χ4v) is 3.41. The number of nitrogens with one attached hydrogen (secondary N) is 1. The molecule has 19 heavy (non-hydrogen) atoms. The molecule has 2 unspecified atom stereocenters. The largest absolute Gasteiger partial charge is 0.313 e. The zero-order valence-electron chi connectivity index (χ0n) is 13.6. The molecule has 0 aromatic heterocycles. The lowest BCUT2D eigenvalue weighted by atomic mass is 9.96. The summed E-state index contributed by atoms with van der Waals surface area (Å²) in [5.74, 6) is 0. The van der Waals surface area contributed by atoms with E-state index in [2.05, 4.69) is 31.0 Å². The molecule has 1 aliphatic rings. The standard InChI is InChI=1S/C17H36N2/c1-4-6-7-8-9-11-14-19-15-12-10-13-17(19)16(3)18-5-2/h16-18H,4-15H2,1-3H3. The summed E-state index contributed by atoms with van der Waals surface area (Å²) in [6, 6.07) is 1.44. The average Bonchev–Trinajstić information content (AvgIpc) is 2.43. The average molecular weight is 268 g/mol. The molecule has 1 rings (SSSR count). The molecule has 0 bridgehead atoms. The Labute approximate surface area is 121 Å². The van der Waals surface area contributed by atoms with Crippen LogP contribution < -0.4 is 5.32 Å². The second kappa shape index (κ2) is 10.7.